The zero-order chi connectivity index (χ0) is 19.6. The van der Waals surface area contributed by atoms with Gasteiger partial charge in [0.15, 0.2) is 24.0 Å². The van der Waals surface area contributed by atoms with Gasteiger partial charge in [0.2, 0.25) is 0 Å². The van der Waals surface area contributed by atoms with Gasteiger partial charge in [0.05, 0.1) is 5.69 Å². The van der Waals surface area contributed by atoms with Gasteiger partial charge in [-0.05, 0) is 39.8 Å². The fraction of sp³-hybridized carbons (Fsp3) is 0.611. The molecule has 148 valence electrons. The van der Waals surface area contributed by atoms with Crippen molar-refractivity contribution in [2.24, 2.45) is 0 Å². The van der Waals surface area contributed by atoms with Crippen molar-refractivity contribution < 1.29 is 37.3 Å². The molecule has 4 rings (SSSR count). The van der Waals surface area contributed by atoms with Crippen LogP contribution in [0.1, 0.15) is 27.7 Å². The Kier molecular flexibility index (Phi) is 4.28. The number of fused-ring (bicyclic) bond motifs is 3. The second-order valence-electron chi connectivity index (χ2n) is 7.70. The van der Waals surface area contributed by atoms with Crippen LogP contribution in [-0.2, 0) is 28.5 Å². The lowest BCUT2D eigenvalue weighted by atomic mass is 9.98. The van der Waals surface area contributed by atoms with E-state index in [9.17, 15) is 13.6 Å². The summed E-state index contributed by atoms with van der Waals surface area (Å²) < 4.78 is 56.1. The van der Waals surface area contributed by atoms with Gasteiger partial charge >= 0.3 is 0 Å². The monoisotopic (exact) mass is 385 g/mol. The molecule has 7 nitrogen and oxygen atoms in total. The summed E-state index contributed by atoms with van der Waals surface area (Å²) in [5, 5.41) is 2.41. The highest BCUT2D eigenvalue weighted by Gasteiger charge is 2.62. The summed E-state index contributed by atoms with van der Waals surface area (Å²) in [6.45, 7) is 6.90. The SMILES string of the molecule is CC1(C)O[C@H]2[C@@H](O1)[C@@H](C(=O)Nc1ccc(F)cc1F)O[C@H]1OC(C)(C)O[C@@H]12. The van der Waals surface area contributed by atoms with Gasteiger partial charge in [0, 0.05) is 6.07 Å². The van der Waals surface area contributed by atoms with E-state index in [0.717, 1.165) is 12.1 Å². The van der Waals surface area contributed by atoms with E-state index in [-0.39, 0.29) is 5.69 Å². The Morgan fingerprint density at radius 3 is 2.30 bits per heavy atom. The average Bonchev–Trinajstić information content (AvgIpc) is 3.03. The second-order valence-corrected chi connectivity index (χ2v) is 7.70. The number of nitrogens with one attached hydrogen (secondary N) is 1. The Morgan fingerprint density at radius 1 is 0.963 bits per heavy atom. The highest BCUT2D eigenvalue weighted by molar-refractivity contribution is 5.95. The molecule has 0 bridgehead atoms. The van der Waals surface area contributed by atoms with Crippen molar-refractivity contribution in [2.45, 2.75) is 70.0 Å². The summed E-state index contributed by atoms with van der Waals surface area (Å²) in [5.41, 5.74) is -0.161. The van der Waals surface area contributed by atoms with E-state index in [1.54, 1.807) is 27.7 Å². The standard InChI is InChI=1S/C18H21F2NO6/c1-17(2)24-11-12(25-17)14-16(27-18(3,4)26-14)23-13(11)15(22)21-10-6-5-8(19)7-9(10)20/h5-7,11-14,16H,1-4H3,(H,21,22)/t11-,12+,13+,14-,16+/m1/s1. The summed E-state index contributed by atoms with van der Waals surface area (Å²) in [6, 6.07) is 2.87. The van der Waals surface area contributed by atoms with Crippen molar-refractivity contribution in [3.8, 4) is 0 Å². The van der Waals surface area contributed by atoms with Crippen molar-refractivity contribution >= 4 is 11.6 Å². The fourth-order valence-electron chi connectivity index (χ4n) is 3.62. The zero-order valence-electron chi connectivity index (χ0n) is 15.3. The lowest BCUT2D eigenvalue weighted by Crippen LogP contribution is -2.58. The highest BCUT2D eigenvalue weighted by Crippen LogP contribution is 2.44. The van der Waals surface area contributed by atoms with Crippen LogP contribution in [0.5, 0.6) is 0 Å². The predicted octanol–water partition coefficient (Wildman–Crippen LogP) is 2.30. The maximum Gasteiger partial charge on any atom is 0.256 e. The van der Waals surface area contributed by atoms with Crippen molar-refractivity contribution in [1.82, 2.24) is 0 Å². The summed E-state index contributed by atoms with van der Waals surface area (Å²) >= 11 is 0. The van der Waals surface area contributed by atoms with E-state index in [0.29, 0.717) is 6.07 Å². The topological polar surface area (TPSA) is 75.3 Å². The van der Waals surface area contributed by atoms with Crippen LogP contribution < -0.4 is 5.32 Å². The minimum absolute atomic E-state index is 0.161. The Hall–Kier alpha value is -1.65. The molecule has 0 aliphatic carbocycles. The van der Waals surface area contributed by atoms with Crippen LogP contribution in [0.2, 0.25) is 0 Å². The lowest BCUT2D eigenvalue weighted by Gasteiger charge is -2.36. The third kappa shape index (κ3) is 3.45. The first-order valence-corrected chi connectivity index (χ1v) is 8.67. The van der Waals surface area contributed by atoms with Crippen LogP contribution in [0.25, 0.3) is 0 Å². The molecule has 3 aliphatic heterocycles. The van der Waals surface area contributed by atoms with E-state index in [1.807, 2.05) is 0 Å². The molecule has 5 atom stereocenters. The maximum atomic E-state index is 13.9. The van der Waals surface area contributed by atoms with E-state index in [4.69, 9.17) is 23.7 Å². The first-order chi connectivity index (χ1) is 12.5. The van der Waals surface area contributed by atoms with Gasteiger partial charge in [-0.1, -0.05) is 0 Å². The van der Waals surface area contributed by atoms with Crippen molar-refractivity contribution in [3.05, 3.63) is 29.8 Å². The van der Waals surface area contributed by atoms with E-state index >= 15 is 0 Å². The molecule has 3 heterocycles. The number of carbonyl (C=O) groups is 1. The lowest BCUT2D eigenvalue weighted by molar-refractivity contribution is -0.229. The van der Waals surface area contributed by atoms with Crippen molar-refractivity contribution in [3.63, 3.8) is 0 Å². The largest absolute Gasteiger partial charge is 0.342 e. The van der Waals surface area contributed by atoms with Crippen LogP contribution in [-0.4, -0.2) is 48.2 Å². The van der Waals surface area contributed by atoms with Crippen LogP contribution >= 0.6 is 0 Å². The third-order valence-corrected chi connectivity index (χ3v) is 4.60. The number of amides is 1. The van der Waals surface area contributed by atoms with Gasteiger partial charge in [0.25, 0.3) is 5.91 Å². The molecule has 3 aliphatic rings. The quantitative estimate of drug-likeness (QED) is 0.842. The van der Waals surface area contributed by atoms with Gasteiger partial charge < -0.3 is 29.0 Å². The number of anilines is 1. The van der Waals surface area contributed by atoms with Crippen molar-refractivity contribution in [2.75, 3.05) is 5.32 Å². The highest BCUT2D eigenvalue weighted by atomic mass is 19.1. The zero-order valence-corrected chi connectivity index (χ0v) is 15.3. The minimum atomic E-state index is -1.13. The fourth-order valence-corrected chi connectivity index (χ4v) is 3.62. The summed E-state index contributed by atoms with van der Waals surface area (Å²) in [7, 11) is 0. The molecule has 27 heavy (non-hydrogen) atoms. The molecule has 1 N–H and O–H groups in total. The van der Waals surface area contributed by atoms with E-state index in [1.165, 1.54) is 0 Å². The molecule has 1 aromatic carbocycles. The smallest absolute Gasteiger partial charge is 0.256 e. The average molecular weight is 385 g/mol. The van der Waals surface area contributed by atoms with Crippen LogP contribution in [0.3, 0.4) is 0 Å². The molecule has 9 heteroatoms. The van der Waals surface area contributed by atoms with Gasteiger partial charge in [-0.2, -0.15) is 0 Å². The van der Waals surface area contributed by atoms with E-state index < -0.39 is 59.8 Å². The van der Waals surface area contributed by atoms with Gasteiger partial charge in [-0.25, -0.2) is 8.78 Å². The van der Waals surface area contributed by atoms with Crippen LogP contribution in [0.15, 0.2) is 18.2 Å². The number of halogens is 2. The summed E-state index contributed by atoms with van der Waals surface area (Å²) in [4.78, 5) is 12.8. The Bertz CT molecular complexity index is 770. The molecule has 3 fully saturated rings. The van der Waals surface area contributed by atoms with Gasteiger partial charge in [0.1, 0.15) is 29.9 Å². The molecule has 3 saturated heterocycles. The second kappa shape index (κ2) is 6.18. The number of carbonyl (C=O) groups excluding carboxylic acids is 1. The molecule has 0 spiro atoms. The Balaban J connectivity index is 1.59. The summed E-state index contributed by atoms with van der Waals surface area (Å²) in [6.07, 6.45) is -3.91. The first-order valence-electron chi connectivity index (χ1n) is 8.67. The maximum absolute atomic E-state index is 13.9. The number of hydrogen-bond donors (Lipinski definition) is 1. The Labute approximate surface area is 154 Å². The van der Waals surface area contributed by atoms with Crippen LogP contribution in [0, 0.1) is 11.6 Å². The summed E-state index contributed by atoms with van der Waals surface area (Å²) in [5.74, 6) is -4.15. The van der Waals surface area contributed by atoms with E-state index in [2.05, 4.69) is 5.32 Å². The molecule has 0 radical (unpaired) electrons. The normalized spacial score (nSPS) is 36.1. The Morgan fingerprint density at radius 2 is 1.59 bits per heavy atom. The molecule has 0 unspecified atom stereocenters. The third-order valence-electron chi connectivity index (χ3n) is 4.60. The molecule has 0 aromatic heterocycles. The van der Waals surface area contributed by atoms with Crippen molar-refractivity contribution in [1.29, 1.82) is 0 Å². The number of ether oxygens (including phenoxy) is 5. The number of hydrogen-bond acceptors (Lipinski definition) is 6. The number of rotatable bonds is 2. The molecular formula is C18H21F2NO6. The molecule has 1 aromatic rings. The van der Waals surface area contributed by atoms with Gasteiger partial charge in [-0.3, -0.25) is 4.79 Å². The molecular weight excluding hydrogens is 364 g/mol. The minimum Gasteiger partial charge on any atom is -0.342 e. The number of benzene rings is 1. The van der Waals surface area contributed by atoms with Gasteiger partial charge in [-0.15, -0.1) is 0 Å². The predicted molar refractivity (Wildman–Crippen MR) is 87.5 cm³/mol. The first kappa shape index (κ1) is 18.7. The molecule has 0 saturated carbocycles. The molecule has 1 amide bonds. The van der Waals surface area contributed by atoms with Crippen LogP contribution in [0.4, 0.5) is 14.5 Å².